The van der Waals surface area contributed by atoms with Crippen LogP contribution in [0.5, 0.6) is 0 Å². The summed E-state index contributed by atoms with van der Waals surface area (Å²) in [5.74, 6) is 0.831. The molecule has 2 heteroatoms. The van der Waals surface area contributed by atoms with E-state index >= 15 is 0 Å². The highest BCUT2D eigenvalue weighted by Gasteiger charge is 2.23. The van der Waals surface area contributed by atoms with Crippen molar-refractivity contribution in [3.05, 3.63) is 34.9 Å². The highest BCUT2D eigenvalue weighted by molar-refractivity contribution is 5.33. The van der Waals surface area contributed by atoms with Gasteiger partial charge in [0.2, 0.25) is 0 Å². The SMILES string of the molecule is Cc1ccc(C)c(C(CC2CCNC2)N(C)C)c1. The summed E-state index contributed by atoms with van der Waals surface area (Å²) < 4.78 is 0. The van der Waals surface area contributed by atoms with E-state index in [1.807, 2.05) is 0 Å². The minimum atomic E-state index is 0.551. The fourth-order valence-corrected chi connectivity index (χ4v) is 2.97. The molecule has 1 fully saturated rings. The van der Waals surface area contributed by atoms with Crippen molar-refractivity contribution in [3.63, 3.8) is 0 Å². The summed E-state index contributed by atoms with van der Waals surface area (Å²) in [6.07, 6.45) is 2.60. The van der Waals surface area contributed by atoms with E-state index in [0.717, 1.165) is 5.92 Å². The lowest BCUT2D eigenvalue weighted by molar-refractivity contribution is 0.252. The molecular weight excluding hydrogens is 220 g/mol. The van der Waals surface area contributed by atoms with Gasteiger partial charge in [0.1, 0.15) is 0 Å². The van der Waals surface area contributed by atoms with Crippen molar-refractivity contribution >= 4 is 0 Å². The molecule has 0 saturated carbocycles. The molecule has 1 saturated heterocycles. The molecule has 1 aliphatic rings. The van der Waals surface area contributed by atoms with E-state index < -0.39 is 0 Å². The molecule has 2 rings (SSSR count). The quantitative estimate of drug-likeness (QED) is 0.879. The van der Waals surface area contributed by atoms with Gasteiger partial charge in [-0.15, -0.1) is 0 Å². The maximum atomic E-state index is 3.48. The lowest BCUT2D eigenvalue weighted by Gasteiger charge is -2.29. The third kappa shape index (κ3) is 3.12. The Morgan fingerprint density at radius 3 is 2.72 bits per heavy atom. The third-order valence-corrected chi connectivity index (χ3v) is 4.14. The van der Waals surface area contributed by atoms with E-state index in [1.165, 1.54) is 42.6 Å². The first-order chi connectivity index (χ1) is 8.58. The van der Waals surface area contributed by atoms with Gasteiger partial charge in [-0.05, 0) is 70.9 Å². The van der Waals surface area contributed by atoms with Gasteiger partial charge in [-0.3, -0.25) is 0 Å². The zero-order chi connectivity index (χ0) is 13.1. The maximum Gasteiger partial charge on any atom is 0.0347 e. The maximum absolute atomic E-state index is 3.48. The first-order valence-corrected chi connectivity index (χ1v) is 7.02. The molecule has 2 atom stereocenters. The van der Waals surface area contributed by atoms with Gasteiger partial charge in [-0.1, -0.05) is 23.8 Å². The fourth-order valence-electron chi connectivity index (χ4n) is 2.97. The van der Waals surface area contributed by atoms with Gasteiger partial charge in [0, 0.05) is 6.04 Å². The standard InChI is InChI=1S/C16H26N2/c1-12-5-6-13(2)15(9-12)16(18(3)4)10-14-7-8-17-11-14/h5-6,9,14,16-17H,7-8,10-11H2,1-4H3. The van der Waals surface area contributed by atoms with Gasteiger partial charge in [0.15, 0.2) is 0 Å². The number of hydrogen-bond donors (Lipinski definition) is 1. The molecule has 1 aliphatic heterocycles. The van der Waals surface area contributed by atoms with E-state index in [-0.39, 0.29) is 0 Å². The molecule has 0 bridgehead atoms. The normalized spacial score (nSPS) is 21.5. The minimum absolute atomic E-state index is 0.551. The molecule has 1 aromatic carbocycles. The molecule has 2 nitrogen and oxygen atoms in total. The van der Waals surface area contributed by atoms with Crippen LogP contribution in [0, 0.1) is 19.8 Å². The molecule has 0 aliphatic carbocycles. The van der Waals surface area contributed by atoms with Crippen LogP contribution in [0.4, 0.5) is 0 Å². The molecule has 18 heavy (non-hydrogen) atoms. The number of nitrogens with zero attached hydrogens (tertiary/aromatic N) is 1. The molecule has 1 N–H and O–H groups in total. The van der Waals surface area contributed by atoms with Crippen LogP contribution < -0.4 is 5.32 Å². The Bertz CT molecular complexity index is 392. The van der Waals surface area contributed by atoms with Gasteiger partial charge in [-0.2, -0.15) is 0 Å². The van der Waals surface area contributed by atoms with Gasteiger partial charge in [-0.25, -0.2) is 0 Å². The molecule has 0 aromatic heterocycles. The third-order valence-electron chi connectivity index (χ3n) is 4.14. The molecule has 2 unspecified atom stereocenters. The van der Waals surface area contributed by atoms with Crippen LogP contribution in [0.3, 0.4) is 0 Å². The van der Waals surface area contributed by atoms with Crippen LogP contribution in [0.1, 0.15) is 35.6 Å². The van der Waals surface area contributed by atoms with Crippen molar-refractivity contribution in [3.8, 4) is 0 Å². The zero-order valence-corrected chi connectivity index (χ0v) is 12.2. The van der Waals surface area contributed by atoms with Crippen molar-refractivity contribution in [1.82, 2.24) is 10.2 Å². The Morgan fingerprint density at radius 2 is 2.11 bits per heavy atom. The molecule has 0 spiro atoms. The van der Waals surface area contributed by atoms with Gasteiger partial charge < -0.3 is 10.2 Å². The van der Waals surface area contributed by atoms with Crippen molar-refractivity contribution in [2.45, 2.75) is 32.7 Å². The summed E-state index contributed by atoms with van der Waals surface area (Å²) in [5, 5.41) is 3.48. The predicted molar refractivity (Wildman–Crippen MR) is 77.9 cm³/mol. The van der Waals surface area contributed by atoms with Crippen molar-refractivity contribution in [1.29, 1.82) is 0 Å². The highest BCUT2D eigenvalue weighted by atomic mass is 15.1. The zero-order valence-electron chi connectivity index (χ0n) is 12.2. The van der Waals surface area contributed by atoms with Gasteiger partial charge >= 0.3 is 0 Å². The molecule has 100 valence electrons. The van der Waals surface area contributed by atoms with Crippen molar-refractivity contribution in [2.24, 2.45) is 5.92 Å². The van der Waals surface area contributed by atoms with E-state index in [0.29, 0.717) is 6.04 Å². The number of aryl methyl sites for hydroxylation is 2. The summed E-state index contributed by atoms with van der Waals surface area (Å²) in [7, 11) is 4.41. The predicted octanol–water partition coefficient (Wildman–Crippen LogP) is 2.91. The molecule has 0 radical (unpaired) electrons. The van der Waals surface area contributed by atoms with E-state index in [9.17, 15) is 0 Å². The number of rotatable bonds is 4. The Labute approximate surface area is 111 Å². The Kier molecular flexibility index (Phi) is 4.41. The van der Waals surface area contributed by atoms with Crippen LogP contribution in [-0.4, -0.2) is 32.1 Å². The number of hydrogen-bond acceptors (Lipinski definition) is 2. The number of nitrogens with one attached hydrogen (secondary N) is 1. The lowest BCUT2D eigenvalue weighted by atomic mass is 9.90. The van der Waals surface area contributed by atoms with E-state index in [2.05, 4.69) is 56.4 Å². The second-order valence-electron chi connectivity index (χ2n) is 5.93. The second-order valence-corrected chi connectivity index (χ2v) is 5.93. The molecule has 1 aromatic rings. The highest BCUT2D eigenvalue weighted by Crippen LogP contribution is 2.31. The average Bonchev–Trinajstić information content (AvgIpc) is 2.82. The smallest absolute Gasteiger partial charge is 0.0347 e. The van der Waals surface area contributed by atoms with Crippen LogP contribution in [0.25, 0.3) is 0 Å². The Balaban J connectivity index is 2.20. The summed E-state index contributed by atoms with van der Waals surface area (Å²) in [4.78, 5) is 2.38. The molecular formula is C16H26N2. The summed E-state index contributed by atoms with van der Waals surface area (Å²) >= 11 is 0. The monoisotopic (exact) mass is 246 g/mol. The Hall–Kier alpha value is -0.860. The van der Waals surface area contributed by atoms with Crippen LogP contribution in [-0.2, 0) is 0 Å². The topological polar surface area (TPSA) is 15.3 Å². The fraction of sp³-hybridized carbons (Fsp3) is 0.625. The summed E-state index contributed by atoms with van der Waals surface area (Å²) in [6, 6.07) is 7.38. The van der Waals surface area contributed by atoms with Gasteiger partial charge in [0.05, 0.1) is 0 Å². The van der Waals surface area contributed by atoms with E-state index in [4.69, 9.17) is 0 Å². The lowest BCUT2D eigenvalue weighted by Crippen LogP contribution is -2.24. The van der Waals surface area contributed by atoms with Crippen LogP contribution >= 0.6 is 0 Å². The minimum Gasteiger partial charge on any atom is -0.316 e. The van der Waals surface area contributed by atoms with Crippen molar-refractivity contribution < 1.29 is 0 Å². The van der Waals surface area contributed by atoms with Gasteiger partial charge in [0.25, 0.3) is 0 Å². The van der Waals surface area contributed by atoms with Crippen LogP contribution in [0.15, 0.2) is 18.2 Å². The summed E-state index contributed by atoms with van der Waals surface area (Å²) in [6.45, 7) is 6.80. The average molecular weight is 246 g/mol. The largest absolute Gasteiger partial charge is 0.316 e. The molecule has 0 amide bonds. The second kappa shape index (κ2) is 5.85. The van der Waals surface area contributed by atoms with Crippen LogP contribution in [0.2, 0.25) is 0 Å². The molecule has 1 heterocycles. The first kappa shape index (κ1) is 13.6. The van der Waals surface area contributed by atoms with Crippen molar-refractivity contribution in [2.75, 3.05) is 27.2 Å². The summed E-state index contributed by atoms with van der Waals surface area (Å²) in [5.41, 5.74) is 4.30. The van der Waals surface area contributed by atoms with E-state index in [1.54, 1.807) is 0 Å². The number of benzene rings is 1. The Morgan fingerprint density at radius 1 is 1.33 bits per heavy atom. The first-order valence-electron chi connectivity index (χ1n) is 7.02.